The molecule has 1 fully saturated rings. The number of nitrogens with zero attached hydrogens (tertiary/aromatic N) is 1. The Kier molecular flexibility index (Phi) is 3.93. The molecule has 0 amide bonds. The van der Waals surface area contributed by atoms with Gasteiger partial charge in [-0.3, -0.25) is 0 Å². The predicted molar refractivity (Wildman–Crippen MR) is 76.0 cm³/mol. The smallest absolute Gasteiger partial charge is 0.0810 e. The van der Waals surface area contributed by atoms with E-state index >= 15 is 0 Å². The Balaban J connectivity index is 2.21. The molecule has 3 nitrogen and oxygen atoms in total. The second kappa shape index (κ2) is 5.29. The van der Waals surface area contributed by atoms with E-state index < -0.39 is 5.60 Å². The molecule has 1 saturated heterocycles. The van der Waals surface area contributed by atoms with E-state index in [0.29, 0.717) is 0 Å². The quantitative estimate of drug-likeness (QED) is 0.856. The number of hydrogen-bond acceptors (Lipinski definition) is 3. The number of aryl methyl sites for hydroxylation is 1. The summed E-state index contributed by atoms with van der Waals surface area (Å²) in [4.78, 5) is 2.30. The summed E-state index contributed by atoms with van der Waals surface area (Å²) >= 11 is 0. The summed E-state index contributed by atoms with van der Waals surface area (Å²) in [5, 5.41) is 13.5. The van der Waals surface area contributed by atoms with Crippen LogP contribution < -0.4 is 10.2 Å². The summed E-state index contributed by atoms with van der Waals surface area (Å²) in [6.45, 7) is 9.71. The number of rotatable bonds is 4. The minimum Gasteiger partial charge on any atom is -0.388 e. The van der Waals surface area contributed by atoms with Crippen molar-refractivity contribution in [1.29, 1.82) is 0 Å². The Bertz CT molecular complexity index is 415. The number of aliphatic hydroxyl groups is 1. The van der Waals surface area contributed by atoms with Crippen LogP contribution in [0.4, 0.5) is 5.69 Å². The van der Waals surface area contributed by atoms with Crippen molar-refractivity contribution in [1.82, 2.24) is 5.32 Å². The molecule has 1 unspecified atom stereocenters. The highest BCUT2D eigenvalue weighted by Crippen LogP contribution is 2.29. The lowest BCUT2D eigenvalue weighted by molar-refractivity contribution is 0.0839. The minimum atomic E-state index is -0.541. The van der Waals surface area contributed by atoms with Crippen LogP contribution in [-0.2, 0) is 6.54 Å². The van der Waals surface area contributed by atoms with Crippen LogP contribution in [0, 0.1) is 6.92 Å². The van der Waals surface area contributed by atoms with Crippen molar-refractivity contribution in [3.8, 4) is 0 Å². The molecular formula is C15H24N2O. The van der Waals surface area contributed by atoms with Crippen LogP contribution in [0.1, 0.15) is 31.4 Å². The van der Waals surface area contributed by atoms with Crippen molar-refractivity contribution in [3.63, 3.8) is 0 Å². The maximum atomic E-state index is 10.1. The second-order valence-corrected chi connectivity index (χ2v) is 5.58. The van der Waals surface area contributed by atoms with Crippen LogP contribution in [0.2, 0.25) is 0 Å². The lowest BCUT2D eigenvalue weighted by Gasteiger charge is -2.24. The lowest BCUT2D eigenvalue weighted by atomic mass is 10.1. The van der Waals surface area contributed by atoms with Gasteiger partial charge >= 0.3 is 0 Å². The van der Waals surface area contributed by atoms with Gasteiger partial charge in [-0.05, 0) is 38.4 Å². The highest BCUT2D eigenvalue weighted by molar-refractivity contribution is 5.56. The molecule has 0 aliphatic carbocycles. The fourth-order valence-electron chi connectivity index (χ4n) is 2.57. The van der Waals surface area contributed by atoms with E-state index in [1.807, 2.05) is 6.92 Å². The molecular weight excluding hydrogens is 224 g/mol. The first-order valence-corrected chi connectivity index (χ1v) is 6.79. The van der Waals surface area contributed by atoms with Crippen LogP contribution in [0.15, 0.2) is 18.2 Å². The SMILES string of the molecule is CCNCc1cc(C)ccc1N1CCC(C)(O)C1. The molecule has 0 radical (unpaired) electrons. The van der Waals surface area contributed by atoms with Gasteiger partial charge in [0.25, 0.3) is 0 Å². The van der Waals surface area contributed by atoms with Gasteiger partial charge in [0.2, 0.25) is 0 Å². The zero-order chi connectivity index (χ0) is 13.2. The number of β-amino-alcohol motifs (C(OH)–C–C–N with tert-alkyl or cyclic N) is 1. The first kappa shape index (κ1) is 13.4. The van der Waals surface area contributed by atoms with Gasteiger partial charge in [-0.2, -0.15) is 0 Å². The molecule has 2 rings (SSSR count). The van der Waals surface area contributed by atoms with E-state index in [4.69, 9.17) is 0 Å². The van der Waals surface area contributed by atoms with Crippen molar-refractivity contribution in [2.24, 2.45) is 0 Å². The first-order valence-electron chi connectivity index (χ1n) is 6.79. The Hall–Kier alpha value is -1.06. The van der Waals surface area contributed by atoms with Gasteiger partial charge in [-0.1, -0.05) is 24.6 Å². The van der Waals surface area contributed by atoms with E-state index in [9.17, 15) is 5.11 Å². The summed E-state index contributed by atoms with van der Waals surface area (Å²) in [6, 6.07) is 6.58. The molecule has 0 bridgehead atoms. The standard InChI is InChI=1S/C15H24N2O/c1-4-16-10-13-9-12(2)5-6-14(13)17-8-7-15(3,18)11-17/h5-6,9,16,18H,4,7-8,10-11H2,1-3H3. The van der Waals surface area contributed by atoms with Gasteiger partial charge in [0, 0.05) is 25.3 Å². The van der Waals surface area contributed by atoms with Gasteiger partial charge in [0.15, 0.2) is 0 Å². The van der Waals surface area contributed by atoms with Crippen LogP contribution in [0.3, 0.4) is 0 Å². The van der Waals surface area contributed by atoms with E-state index in [0.717, 1.165) is 32.6 Å². The Labute approximate surface area is 110 Å². The highest BCUT2D eigenvalue weighted by Gasteiger charge is 2.32. The zero-order valence-corrected chi connectivity index (χ0v) is 11.7. The molecule has 1 aromatic carbocycles. The van der Waals surface area contributed by atoms with Crippen molar-refractivity contribution >= 4 is 5.69 Å². The third-order valence-corrected chi connectivity index (χ3v) is 3.59. The lowest BCUT2D eigenvalue weighted by Crippen LogP contribution is -2.30. The molecule has 1 atom stereocenters. The largest absolute Gasteiger partial charge is 0.388 e. The number of hydrogen-bond donors (Lipinski definition) is 2. The molecule has 1 aromatic rings. The summed E-state index contributed by atoms with van der Waals surface area (Å²) in [6.07, 6.45) is 0.849. The van der Waals surface area contributed by atoms with Gasteiger partial charge < -0.3 is 15.3 Å². The van der Waals surface area contributed by atoms with Gasteiger partial charge in [-0.15, -0.1) is 0 Å². The van der Waals surface area contributed by atoms with E-state index in [1.165, 1.54) is 16.8 Å². The van der Waals surface area contributed by atoms with Gasteiger partial charge in [-0.25, -0.2) is 0 Å². The number of nitrogens with one attached hydrogen (secondary N) is 1. The fourth-order valence-corrected chi connectivity index (χ4v) is 2.57. The highest BCUT2D eigenvalue weighted by atomic mass is 16.3. The molecule has 3 heteroatoms. The van der Waals surface area contributed by atoms with E-state index in [2.05, 4.69) is 42.3 Å². The van der Waals surface area contributed by atoms with Crippen molar-refractivity contribution in [3.05, 3.63) is 29.3 Å². The van der Waals surface area contributed by atoms with Crippen LogP contribution in [0.5, 0.6) is 0 Å². The minimum absolute atomic E-state index is 0.541. The topological polar surface area (TPSA) is 35.5 Å². The van der Waals surface area contributed by atoms with Crippen molar-refractivity contribution in [2.75, 3.05) is 24.5 Å². The van der Waals surface area contributed by atoms with Crippen LogP contribution in [0.25, 0.3) is 0 Å². The third-order valence-electron chi connectivity index (χ3n) is 3.59. The molecule has 1 aliphatic rings. The summed E-state index contributed by atoms with van der Waals surface area (Å²) in [5.74, 6) is 0. The average Bonchev–Trinajstić information content (AvgIpc) is 2.67. The van der Waals surface area contributed by atoms with Crippen molar-refractivity contribution < 1.29 is 5.11 Å². The fraction of sp³-hybridized carbons (Fsp3) is 0.600. The van der Waals surface area contributed by atoms with Crippen LogP contribution >= 0.6 is 0 Å². The van der Waals surface area contributed by atoms with Gasteiger partial charge in [0.05, 0.1) is 5.60 Å². The monoisotopic (exact) mass is 248 g/mol. The predicted octanol–water partition coefficient (Wildman–Crippen LogP) is 2.07. The molecule has 100 valence electrons. The maximum absolute atomic E-state index is 10.1. The number of benzene rings is 1. The van der Waals surface area contributed by atoms with E-state index in [-0.39, 0.29) is 0 Å². The summed E-state index contributed by atoms with van der Waals surface area (Å²) < 4.78 is 0. The normalized spacial score (nSPS) is 23.7. The molecule has 0 saturated carbocycles. The van der Waals surface area contributed by atoms with E-state index in [1.54, 1.807) is 0 Å². The second-order valence-electron chi connectivity index (χ2n) is 5.58. The maximum Gasteiger partial charge on any atom is 0.0810 e. The summed E-state index contributed by atoms with van der Waals surface area (Å²) in [7, 11) is 0. The Morgan fingerprint density at radius 1 is 1.44 bits per heavy atom. The van der Waals surface area contributed by atoms with Gasteiger partial charge in [0.1, 0.15) is 0 Å². The number of anilines is 1. The molecule has 0 spiro atoms. The Morgan fingerprint density at radius 3 is 2.83 bits per heavy atom. The van der Waals surface area contributed by atoms with Crippen molar-refractivity contribution in [2.45, 2.75) is 39.3 Å². The van der Waals surface area contributed by atoms with Crippen LogP contribution in [-0.4, -0.2) is 30.3 Å². The molecule has 2 N–H and O–H groups in total. The molecule has 0 aromatic heterocycles. The molecule has 1 heterocycles. The average molecular weight is 248 g/mol. The third kappa shape index (κ3) is 3.03. The summed E-state index contributed by atoms with van der Waals surface area (Å²) in [5.41, 5.74) is 3.34. The first-order chi connectivity index (χ1) is 8.52. The Morgan fingerprint density at radius 2 is 2.22 bits per heavy atom. The molecule has 18 heavy (non-hydrogen) atoms. The zero-order valence-electron chi connectivity index (χ0n) is 11.7. The molecule has 1 aliphatic heterocycles.